The number of aliphatic hydroxyl groups excluding tert-OH is 1. The quantitative estimate of drug-likeness (QED) is 0.720. The lowest BCUT2D eigenvalue weighted by atomic mass is 9.88. The Balaban J connectivity index is 2.61. The van der Waals surface area contributed by atoms with E-state index in [2.05, 4.69) is 18.7 Å². The van der Waals surface area contributed by atoms with E-state index in [0.717, 1.165) is 31.6 Å². The number of benzene rings is 1. The van der Waals surface area contributed by atoms with Crippen LogP contribution in [0, 0.1) is 0 Å². The SMILES string of the molecule is CCCCN(CC)CCC(N)(CO)c1ccccc1. The summed E-state index contributed by atoms with van der Waals surface area (Å²) >= 11 is 0. The van der Waals surface area contributed by atoms with Gasteiger partial charge in [0.05, 0.1) is 12.1 Å². The molecule has 3 heteroatoms. The highest BCUT2D eigenvalue weighted by Gasteiger charge is 2.26. The molecule has 1 rings (SSSR count). The normalized spacial score (nSPS) is 14.6. The zero-order valence-electron chi connectivity index (χ0n) is 12.3. The second-order valence-corrected chi connectivity index (χ2v) is 5.22. The van der Waals surface area contributed by atoms with Crippen LogP contribution < -0.4 is 5.73 Å². The second-order valence-electron chi connectivity index (χ2n) is 5.22. The van der Waals surface area contributed by atoms with Gasteiger partial charge in [-0.3, -0.25) is 0 Å². The fraction of sp³-hybridized carbons (Fsp3) is 0.625. The Kier molecular flexibility index (Phi) is 7.06. The molecule has 0 aliphatic rings. The van der Waals surface area contributed by atoms with Crippen LogP contribution in [-0.4, -0.2) is 36.2 Å². The van der Waals surface area contributed by atoms with Crippen LogP contribution in [-0.2, 0) is 5.54 Å². The van der Waals surface area contributed by atoms with Crippen LogP contribution in [0.3, 0.4) is 0 Å². The first-order valence-electron chi connectivity index (χ1n) is 7.34. The summed E-state index contributed by atoms with van der Waals surface area (Å²) in [6, 6.07) is 9.92. The van der Waals surface area contributed by atoms with Crippen molar-refractivity contribution in [1.29, 1.82) is 0 Å². The molecule has 108 valence electrons. The van der Waals surface area contributed by atoms with Gasteiger partial charge in [0.2, 0.25) is 0 Å². The largest absolute Gasteiger partial charge is 0.394 e. The third kappa shape index (κ3) is 4.94. The van der Waals surface area contributed by atoms with Gasteiger partial charge in [0.25, 0.3) is 0 Å². The molecule has 1 atom stereocenters. The van der Waals surface area contributed by atoms with Crippen molar-refractivity contribution in [3.8, 4) is 0 Å². The van der Waals surface area contributed by atoms with Crippen LogP contribution in [0.5, 0.6) is 0 Å². The van der Waals surface area contributed by atoms with Gasteiger partial charge in [0.15, 0.2) is 0 Å². The van der Waals surface area contributed by atoms with Gasteiger partial charge < -0.3 is 15.7 Å². The first-order valence-corrected chi connectivity index (χ1v) is 7.34. The fourth-order valence-corrected chi connectivity index (χ4v) is 2.25. The molecule has 0 aliphatic heterocycles. The van der Waals surface area contributed by atoms with Crippen LogP contribution >= 0.6 is 0 Å². The van der Waals surface area contributed by atoms with Crippen molar-refractivity contribution >= 4 is 0 Å². The van der Waals surface area contributed by atoms with E-state index in [0.29, 0.717) is 0 Å². The summed E-state index contributed by atoms with van der Waals surface area (Å²) in [5.74, 6) is 0. The van der Waals surface area contributed by atoms with Crippen molar-refractivity contribution in [2.75, 3.05) is 26.2 Å². The molecule has 0 heterocycles. The second kappa shape index (κ2) is 8.31. The summed E-state index contributed by atoms with van der Waals surface area (Å²) in [4.78, 5) is 2.41. The molecule has 19 heavy (non-hydrogen) atoms. The summed E-state index contributed by atoms with van der Waals surface area (Å²) in [5, 5.41) is 9.66. The highest BCUT2D eigenvalue weighted by atomic mass is 16.3. The van der Waals surface area contributed by atoms with Crippen molar-refractivity contribution < 1.29 is 5.11 Å². The van der Waals surface area contributed by atoms with E-state index in [4.69, 9.17) is 5.73 Å². The molecular weight excluding hydrogens is 236 g/mol. The maximum atomic E-state index is 9.66. The average molecular weight is 264 g/mol. The minimum Gasteiger partial charge on any atom is -0.394 e. The molecule has 1 aromatic carbocycles. The van der Waals surface area contributed by atoms with Crippen molar-refractivity contribution in [2.45, 2.75) is 38.6 Å². The van der Waals surface area contributed by atoms with E-state index in [1.165, 1.54) is 12.8 Å². The predicted octanol–water partition coefficient (Wildman–Crippen LogP) is 2.35. The number of hydrogen-bond donors (Lipinski definition) is 2. The van der Waals surface area contributed by atoms with E-state index in [1.54, 1.807) is 0 Å². The van der Waals surface area contributed by atoms with Crippen LogP contribution in [0.1, 0.15) is 38.7 Å². The summed E-state index contributed by atoms with van der Waals surface area (Å²) in [7, 11) is 0. The van der Waals surface area contributed by atoms with E-state index in [9.17, 15) is 5.11 Å². The third-order valence-corrected chi connectivity index (χ3v) is 3.78. The Bertz CT molecular complexity index is 342. The highest BCUT2D eigenvalue weighted by Crippen LogP contribution is 2.22. The van der Waals surface area contributed by atoms with Gasteiger partial charge >= 0.3 is 0 Å². The van der Waals surface area contributed by atoms with Crippen LogP contribution in [0.4, 0.5) is 0 Å². The molecule has 0 aromatic heterocycles. The fourth-order valence-electron chi connectivity index (χ4n) is 2.25. The number of unbranched alkanes of at least 4 members (excludes halogenated alkanes) is 1. The molecule has 1 aromatic rings. The van der Waals surface area contributed by atoms with E-state index >= 15 is 0 Å². The lowest BCUT2D eigenvalue weighted by Crippen LogP contribution is -2.43. The molecule has 1 unspecified atom stereocenters. The number of aliphatic hydroxyl groups is 1. The van der Waals surface area contributed by atoms with Gasteiger partial charge in [-0.25, -0.2) is 0 Å². The van der Waals surface area contributed by atoms with Gasteiger partial charge in [0, 0.05) is 6.54 Å². The number of hydrogen-bond acceptors (Lipinski definition) is 3. The Hall–Kier alpha value is -0.900. The van der Waals surface area contributed by atoms with Crippen molar-refractivity contribution in [1.82, 2.24) is 4.90 Å². The van der Waals surface area contributed by atoms with Gasteiger partial charge in [-0.15, -0.1) is 0 Å². The molecule has 0 spiro atoms. The monoisotopic (exact) mass is 264 g/mol. The van der Waals surface area contributed by atoms with Gasteiger partial charge in [-0.05, 0) is 31.5 Å². The molecule has 0 saturated heterocycles. The van der Waals surface area contributed by atoms with Gasteiger partial charge in [-0.2, -0.15) is 0 Å². The maximum absolute atomic E-state index is 9.66. The van der Waals surface area contributed by atoms with Crippen LogP contribution in [0.25, 0.3) is 0 Å². The predicted molar refractivity (Wildman–Crippen MR) is 81.0 cm³/mol. The average Bonchev–Trinajstić information content (AvgIpc) is 2.48. The number of nitrogens with zero attached hydrogens (tertiary/aromatic N) is 1. The van der Waals surface area contributed by atoms with Crippen molar-refractivity contribution in [3.63, 3.8) is 0 Å². The number of rotatable bonds is 9. The highest BCUT2D eigenvalue weighted by molar-refractivity contribution is 5.24. The zero-order valence-corrected chi connectivity index (χ0v) is 12.3. The topological polar surface area (TPSA) is 49.5 Å². The van der Waals surface area contributed by atoms with E-state index in [1.807, 2.05) is 30.3 Å². The van der Waals surface area contributed by atoms with Crippen LogP contribution in [0.15, 0.2) is 30.3 Å². The summed E-state index contributed by atoms with van der Waals surface area (Å²) in [6.45, 7) is 7.46. The molecule has 0 bridgehead atoms. The molecular formula is C16H28N2O. The third-order valence-electron chi connectivity index (χ3n) is 3.78. The standard InChI is InChI=1S/C16H28N2O/c1-3-5-12-18(4-2)13-11-16(17,14-19)15-9-7-6-8-10-15/h6-10,19H,3-5,11-14,17H2,1-2H3. The molecule has 0 amide bonds. The Labute approximate surface area is 117 Å². The molecule has 0 aliphatic carbocycles. The number of nitrogens with two attached hydrogens (primary N) is 1. The Morgan fingerprint density at radius 1 is 1.16 bits per heavy atom. The lowest BCUT2D eigenvalue weighted by Gasteiger charge is -2.31. The molecule has 3 nitrogen and oxygen atoms in total. The van der Waals surface area contributed by atoms with Crippen molar-refractivity contribution in [3.05, 3.63) is 35.9 Å². The minimum absolute atomic E-state index is 0.0116. The zero-order chi connectivity index (χ0) is 14.1. The van der Waals surface area contributed by atoms with E-state index < -0.39 is 5.54 Å². The summed E-state index contributed by atoms with van der Waals surface area (Å²) < 4.78 is 0. The maximum Gasteiger partial charge on any atom is 0.0656 e. The molecule has 3 N–H and O–H groups in total. The van der Waals surface area contributed by atoms with Gasteiger partial charge in [0.1, 0.15) is 0 Å². The smallest absolute Gasteiger partial charge is 0.0656 e. The minimum atomic E-state index is -0.624. The van der Waals surface area contributed by atoms with Gasteiger partial charge in [-0.1, -0.05) is 50.6 Å². The summed E-state index contributed by atoms with van der Waals surface area (Å²) in [5.41, 5.74) is 6.77. The first kappa shape index (κ1) is 16.2. The van der Waals surface area contributed by atoms with E-state index in [-0.39, 0.29) is 6.61 Å². The Morgan fingerprint density at radius 2 is 1.84 bits per heavy atom. The van der Waals surface area contributed by atoms with Crippen LogP contribution in [0.2, 0.25) is 0 Å². The molecule has 0 fully saturated rings. The molecule has 0 saturated carbocycles. The Morgan fingerprint density at radius 3 is 2.37 bits per heavy atom. The van der Waals surface area contributed by atoms with Crippen molar-refractivity contribution in [2.24, 2.45) is 5.73 Å². The molecule has 0 radical (unpaired) electrons. The summed E-state index contributed by atoms with van der Waals surface area (Å²) in [6.07, 6.45) is 3.21. The first-order chi connectivity index (χ1) is 9.16. The lowest BCUT2D eigenvalue weighted by molar-refractivity contribution is 0.164.